The minimum absolute atomic E-state index is 0.0676. The zero-order chi connectivity index (χ0) is 22.6. The lowest BCUT2D eigenvalue weighted by atomic mass is 9.66. The van der Waals surface area contributed by atoms with E-state index in [0.29, 0.717) is 11.5 Å². The molecule has 0 amide bonds. The highest BCUT2D eigenvalue weighted by atomic mass is 16.7. The molecule has 1 aliphatic carbocycles. The molecular formula is C25H27NO6. The van der Waals surface area contributed by atoms with Crippen LogP contribution >= 0.6 is 0 Å². The molecule has 2 fully saturated rings. The third kappa shape index (κ3) is 2.70. The van der Waals surface area contributed by atoms with Crippen molar-refractivity contribution in [1.29, 1.82) is 0 Å². The standard InChI is InChI=1S/C25H27NO6/c1-14-23-16(8-6-15-7-10-19(28-2)20(12-15)29-3)17-13-22(27)32-25(17,23)21-11-9-18(26(14)21)24(30-4)31-5/h7,10,12-14,18,21,24H,9,11H2,1-5H3/t14-,18?,21+,25-/m0/s1. The van der Waals surface area contributed by atoms with Crippen molar-refractivity contribution in [1.82, 2.24) is 4.90 Å². The first-order valence-electron chi connectivity index (χ1n) is 10.8. The first kappa shape index (κ1) is 21.1. The van der Waals surface area contributed by atoms with Gasteiger partial charge in [-0.25, -0.2) is 4.79 Å². The average molecular weight is 437 g/mol. The Kier molecular flexibility index (Phi) is 5.05. The molecule has 5 rings (SSSR count). The second-order valence-corrected chi connectivity index (χ2v) is 8.45. The topological polar surface area (TPSA) is 66.5 Å². The lowest BCUT2D eigenvalue weighted by molar-refractivity contribution is -0.151. The third-order valence-corrected chi connectivity index (χ3v) is 7.17. The largest absolute Gasteiger partial charge is 0.493 e. The Hall–Kier alpha value is -2.79. The Balaban J connectivity index is 1.54. The number of hydrogen-bond donors (Lipinski definition) is 0. The molecule has 0 N–H and O–H groups in total. The first-order valence-corrected chi connectivity index (χ1v) is 10.8. The van der Waals surface area contributed by atoms with Crippen molar-refractivity contribution in [3.63, 3.8) is 0 Å². The Morgan fingerprint density at radius 2 is 1.84 bits per heavy atom. The maximum absolute atomic E-state index is 12.4. The number of hydrogen-bond acceptors (Lipinski definition) is 7. The summed E-state index contributed by atoms with van der Waals surface area (Å²) in [6.45, 7) is 2.15. The highest BCUT2D eigenvalue weighted by Gasteiger charge is 2.71. The van der Waals surface area contributed by atoms with Gasteiger partial charge in [-0.15, -0.1) is 0 Å². The van der Waals surface area contributed by atoms with E-state index in [1.165, 1.54) is 0 Å². The van der Waals surface area contributed by atoms with Gasteiger partial charge in [0.1, 0.15) is 0 Å². The second kappa shape index (κ2) is 7.66. The van der Waals surface area contributed by atoms with Gasteiger partial charge in [0, 0.05) is 48.6 Å². The number of nitrogens with zero attached hydrogens (tertiary/aromatic N) is 1. The number of carbonyl (C=O) groups is 1. The van der Waals surface area contributed by atoms with Crippen LogP contribution in [0.15, 0.2) is 41.0 Å². The number of ether oxygens (including phenoxy) is 5. The fraction of sp³-hybridized carbons (Fsp3) is 0.480. The molecule has 3 heterocycles. The number of fused-ring (bicyclic) bond motifs is 1. The summed E-state index contributed by atoms with van der Waals surface area (Å²) in [6, 6.07) is 5.82. The minimum Gasteiger partial charge on any atom is -0.493 e. The summed E-state index contributed by atoms with van der Waals surface area (Å²) in [5.41, 5.74) is 3.01. The Morgan fingerprint density at radius 3 is 2.53 bits per heavy atom. The predicted molar refractivity (Wildman–Crippen MR) is 116 cm³/mol. The van der Waals surface area contributed by atoms with E-state index in [9.17, 15) is 4.79 Å². The van der Waals surface area contributed by atoms with Crippen molar-refractivity contribution in [3.8, 4) is 23.3 Å². The Labute approximate surface area is 187 Å². The van der Waals surface area contributed by atoms with Gasteiger partial charge < -0.3 is 23.7 Å². The predicted octanol–water partition coefficient (Wildman–Crippen LogP) is 2.44. The van der Waals surface area contributed by atoms with Crippen LogP contribution in [0.25, 0.3) is 0 Å². The molecule has 2 saturated heterocycles. The summed E-state index contributed by atoms with van der Waals surface area (Å²) >= 11 is 0. The van der Waals surface area contributed by atoms with Crippen molar-refractivity contribution < 1.29 is 28.5 Å². The molecule has 4 atom stereocenters. The summed E-state index contributed by atoms with van der Waals surface area (Å²) in [5.74, 6) is 7.53. The molecule has 3 aliphatic heterocycles. The normalized spacial score (nSPS) is 30.1. The van der Waals surface area contributed by atoms with Crippen LogP contribution in [0.2, 0.25) is 0 Å². The molecule has 32 heavy (non-hydrogen) atoms. The monoisotopic (exact) mass is 437 g/mol. The van der Waals surface area contributed by atoms with Gasteiger partial charge >= 0.3 is 5.97 Å². The van der Waals surface area contributed by atoms with Crippen LogP contribution < -0.4 is 9.47 Å². The van der Waals surface area contributed by atoms with E-state index in [-0.39, 0.29) is 30.4 Å². The van der Waals surface area contributed by atoms with Crippen LogP contribution in [-0.2, 0) is 19.0 Å². The van der Waals surface area contributed by atoms with Crippen molar-refractivity contribution in [2.75, 3.05) is 28.4 Å². The molecule has 1 spiro atoms. The van der Waals surface area contributed by atoms with Crippen molar-refractivity contribution >= 4 is 5.97 Å². The number of rotatable bonds is 5. The second-order valence-electron chi connectivity index (χ2n) is 8.45. The number of carbonyl (C=O) groups excluding carboxylic acids is 1. The van der Waals surface area contributed by atoms with Gasteiger partial charge in [0.15, 0.2) is 23.4 Å². The van der Waals surface area contributed by atoms with Crippen LogP contribution in [0.3, 0.4) is 0 Å². The van der Waals surface area contributed by atoms with Gasteiger partial charge in [0.2, 0.25) is 0 Å². The lowest BCUT2D eigenvalue weighted by Gasteiger charge is -2.41. The van der Waals surface area contributed by atoms with E-state index in [1.54, 1.807) is 34.5 Å². The van der Waals surface area contributed by atoms with Crippen LogP contribution in [0, 0.1) is 11.8 Å². The minimum atomic E-state index is -0.682. The average Bonchev–Trinajstić information content (AvgIpc) is 3.41. The lowest BCUT2D eigenvalue weighted by Crippen LogP contribution is -2.51. The quantitative estimate of drug-likeness (QED) is 0.398. The molecule has 1 aromatic rings. The van der Waals surface area contributed by atoms with E-state index in [2.05, 4.69) is 23.7 Å². The van der Waals surface area contributed by atoms with Crippen molar-refractivity contribution in [3.05, 3.63) is 46.6 Å². The third-order valence-electron chi connectivity index (χ3n) is 7.17. The molecule has 0 aromatic heterocycles. The van der Waals surface area contributed by atoms with E-state index in [0.717, 1.165) is 35.1 Å². The van der Waals surface area contributed by atoms with Crippen LogP contribution in [-0.4, -0.2) is 69.3 Å². The zero-order valence-electron chi connectivity index (χ0n) is 18.9. The van der Waals surface area contributed by atoms with Gasteiger partial charge in [-0.1, -0.05) is 11.8 Å². The van der Waals surface area contributed by atoms with Crippen LogP contribution in [0.1, 0.15) is 25.3 Å². The molecule has 7 heteroatoms. The highest BCUT2D eigenvalue weighted by molar-refractivity contribution is 5.94. The van der Waals surface area contributed by atoms with Gasteiger partial charge in [-0.3, -0.25) is 4.90 Å². The molecule has 7 nitrogen and oxygen atoms in total. The van der Waals surface area contributed by atoms with E-state index in [1.807, 2.05) is 18.2 Å². The van der Waals surface area contributed by atoms with Gasteiger partial charge in [-0.2, -0.15) is 0 Å². The fourth-order valence-corrected chi connectivity index (χ4v) is 5.99. The zero-order valence-corrected chi connectivity index (χ0v) is 18.9. The SMILES string of the molecule is COc1ccc(C#CC2=C3[C@H](C)N4C(C(OC)OC)CC[C@@H]4[C@]34OC(=O)C=C24)cc1OC. The summed E-state index contributed by atoms with van der Waals surface area (Å²) in [6.07, 6.45) is 3.11. The number of benzene rings is 1. The summed E-state index contributed by atoms with van der Waals surface area (Å²) in [4.78, 5) is 14.8. The molecule has 4 aliphatic rings. The van der Waals surface area contributed by atoms with Crippen LogP contribution in [0.4, 0.5) is 0 Å². The summed E-state index contributed by atoms with van der Waals surface area (Å²) in [7, 11) is 6.53. The molecule has 1 aromatic carbocycles. The molecule has 0 saturated carbocycles. The Bertz CT molecular complexity index is 1090. The molecule has 1 unspecified atom stereocenters. The Morgan fingerprint density at radius 1 is 1.09 bits per heavy atom. The van der Waals surface area contributed by atoms with E-state index >= 15 is 0 Å². The highest BCUT2D eigenvalue weighted by Crippen LogP contribution is 2.62. The number of esters is 1. The van der Waals surface area contributed by atoms with Crippen molar-refractivity contribution in [2.24, 2.45) is 0 Å². The maximum atomic E-state index is 12.4. The summed E-state index contributed by atoms with van der Waals surface area (Å²) < 4.78 is 27.8. The van der Waals surface area contributed by atoms with Crippen molar-refractivity contribution in [2.45, 2.75) is 49.8 Å². The van der Waals surface area contributed by atoms with E-state index in [4.69, 9.17) is 23.7 Å². The molecular weight excluding hydrogens is 410 g/mol. The fourth-order valence-electron chi connectivity index (χ4n) is 5.99. The van der Waals surface area contributed by atoms with Gasteiger partial charge in [0.25, 0.3) is 0 Å². The molecule has 0 bridgehead atoms. The van der Waals surface area contributed by atoms with Gasteiger partial charge in [0.05, 0.1) is 26.3 Å². The molecule has 168 valence electrons. The maximum Gasteiger partial charge on any atom is 0.332 e. The van der Waals surface area contributed by atoms with Gasteiger partial charge in [-0.05, 0) is 38.0 Å². The van der Waals surface area contributed by atoms with E-state index < -0.39 is 5.60 Å². The first-order chi connectivity index (χ1) is 15.5. The summed E-state index contributed by atoms with van der Waals surface area (Å²) in [5, 5.41) is 0. The van der Waals surface area contributed by atoms with Crippen LogP contribution in [0.5, 0.6) is 11.5 Å². The molecule has 0 radical (unpaired) electrons. The number of methoxy groups -OCH3 is 4. The smallest absolute Gasteiger partial charge is 0.332 e.